The second-order valence-electron chi connectivity index (χ2n) is 17.0. The SMILES string of the molecule is CC/C=C(/N=C1/C(F)=C(c2ccc(F)c3sc(C(C)C)c(C#N)c23)C(C(F)(F)F)=C/C1=C(/C)N(CC)C(CCC(C)C)C(C)C)OCC12CCCN1C[C@H](C)C2. The van der Waals surface area contributed by atoms with Crippen molar-refractivity contribution >= 4 is 32.7 Å². The molecule has 3 aliphatic rings. The number of benzene rings is 1. The molecule has 0 spiro atoms. The number of ether oxygens (including phenoxy) is 1. The zero-order valence-electron chi connectivity index (χ0n) is 34.8. The van der Waals surface area contributed by atoms with E-state index in [-0.39, 0.29) is 61.8 Å². The zero-order valence-corrected chi connectivity index (χ0v) is 35.6. The Morgan fingerprint density at radius 1 is 1.14 bits per heavy atom. The average Bonchev–Trinajstić information content (AvgIpc) is 3.79. The lowest BCUT2D eigenvalue weighted by atomic mass is 9.84. The van der Waals surface area contributed by atoms with Crippen LogP contribution in [0.25, 0.3) is 15.7 Å². The van der Waals surface area contributed by atoms with Gasteiger partial charge in [-0.2, -0.15) is 18.4 Å². The van der Waals surface area contributed by atoms with Crippen molar-refractivity contribution in [3.63, 3.8) is 0 Å². The first-order valence-electron chi connectivity index (χ1n) is 20.4. The smallest absolute Gasteiger partial charge is 0.417 e. The normalized spacial score (nSPS) is 23.2. The zero-order chi connectivity index (χ0) is 41.3. The van der Waals surface area contributed by atoms with E-state index in [0.717, 1.165) is 74.7 Å². The summed E-state index contributed by atoms with van der Waals surface area (Å²) in [7, 11) is 0. The van der Waals surface area contributed by atoms with E-state index in [0.29, 0.717) is 42.0 Å². The predicted octanol–water partition coefficient (Wildman–Crippen LogP) is 12.9. The van der Waals surface area contributed by atoms with Crippen molar-refractivity contribution in [2.45, 2.75) is 131 Å². The number of nitriles is 1. The molecule has 2 aromatic rings. The highest BCUT2D eigenvalue weighted by molar-refractivity contribution is 7.19. The molecular formula is C45H59F5N4OS. The van der Waals surface area contributed by atoms with E-state index < -0.39 is 29.0 Å². The summed E-state index contributed by atoms with van der Waals surface area (Å²) in [5.74, 6) is -0.865. The van der Waals surface area contributed by atoms with Crippen molar-refractivity contribution in [1.82, 2.24) is 9.80 Å². The van der Waals surface area contributed by atoms with Gasteiger partial charge in [-0.05, 0) is 106 Å². The first-order chi connectivity index (χ1) is 26.4. The molecule has 56 heavy (non-hydrogen) atoms. The first-order valence-corrected chi connectivity index (χ1v) is 21.2. The number of aliphatic imine (C=N–C) groups is 1. The monoisotopic (exact) mass is 798 g/mol. The number of hydrogen-bond donors (Lipinski definition) is 0. The lowest BCUT2D eigenvalue weighted by Gasteiger charge is -2.38. The molecule has 0 bridgehead atoms. The molecule has 0 amide bonds. The summed E-state index contributed by atoms with van der Waals surface area (Å²) in [6, 6.07) is 4.31. The molecule has 2 unspecified atom stereocenters. The second-order valence-corrected chi connectivity index (χ2v) is 18.1. The maximum atomic E-state index is 17.9. The minimum atomic E-state index is -5.01. The third-order valence-corrected chi connectivity index (χ3v) is 13.2. The van der Waals surface area contributed by atoms with E-state index in [1.165, 1.54) is 0 Å². The highest BCUT2D eigenvalue weighted by Gasteiger charge is 2.48. The van der Waals surface area contributed by atoms with Crippen molar-refractivity contribution in [2.24, 2.45) is 22.7 Å². The predicted molar refractivity (Wildman–Crippen MR) is 220 cm³/mol. The van der Waals surface area contributed by atoms with Crippen molar-refractivity contribution in [3.8, 4) is 6.07 Å². The molecule has 11 heteroatoms. The van der Waals surface area contributed by atoms with E-state index in [1.807, 2.05) is 27.7 Å². The third-order valence-electron chi connectivity index (χ3n) is 11.7. The summed E-state index contributed by atoms with van der Waals surface area (Å²) in [5, 5.41) is 10.3. The fourth-order valence-electron chi connectivity index (χ4n) is 9.11. The molecule has 0 saturated carbocycles. The van der Waals surface area contributed by atoms with Crippen molar-refractivity contribution in [1.29, 1.82) is 5.26 Å². The lowest BCUT2D eigenvalue weighted by molar-refractivity contribution is -0.0872. The molecule has 1 aromatic carbocycles. The molecule has 5 nitrogen and oxygen atoms in total. The summed E-state index contributed by atoms with van der Waals surface area (Å²) in [6.45, 7) is 22.8. The minimum Gasteiger partial charge on any atom is -0.476 e. The Bertz CT molecular complexity index is 1980. The minimum absolute atomic E-state index is 0.0171. The molecule has 2 fully saturated rings. The summed E-state index contributed by atoms with van der Waals surface area (Å²) in [4.78, 5) is 9.90. The van der Waals surface area contributed by atoms with Gasteiger partial charge in [0.05, 0.1) is 21.4 Å². The van der Waals surface area contributed by atoms with Crippen LogP contribution in [0.15, 0.2) is 57.8 Å². The number of rotatable bonds is 14. The van der Waals surface area contributed by atoms with Gasteiger partial charge in [0.1, 0.15) is 24.2 Å². The van der Waals surface area contributed by atoms with Gasteiger partial charge in [-0.3, -0.25) is 4.90 Å². The largest absolute Gasteiger partial charge is 0.476 e. The Labute approximate surface area is 334 Å². The fourth-order valence-corrected chi connectivity index (χ4v) is 10.3. The fraction of sp³-hybridized carbons (Fsp3) is 0.600. The van der Waals surface area contributed by atoms with Crippen LogP contribution in [0.4, 0.5) is 22.0 Å². The van der Waals surface area contributed by atoms with Crippen LogP contribution >= 0.6 is 11.3 Å². The van der Waals surface area contributed by atoms with Gasteiger partial charge >= 0.3 is 6.18 Å². The Morgan fingerprint density at radius 3 is 2.45 bits per heavy atom. The molecule has 306 valence electrons. The van der Waals surface area contributed by atoms with E-state index in [4.69, 9.17) is 9.73 Å². The molecule has 1 aromatic heterocycles. The molecule has 3 heterocycles. The lowest BCUT2D eigenvalue weighted by Crippen LogP contribution is -2.42. The van der Waals surface area contributed by atoms with Crippen LogP contribution in [0, 0.1) is 34.9 Å². The molecule has 3 atom stereocenters. The first kappa shape index (κ1) is 43.6. The summed E-state index contributed by atoms with van der Waals surface area (Å²) >= 11 is 1.02. The van der Waals surface area contributed by atoms with Gasteiger partial charge in [0.15, 0.2) is 5.83 Å². The molecule has 1 aliphatic carbocycles. The number of halogens is 5. The number of fused-ring (bicyclic) bond motifs is 2. The van der Waals surface area contributed by atoms with Gasteiger partial charge in [0, 0.05) is 46.2 Å². The van der Waals surface area contributed by atoms with Gasteiger partial charge in [0.2, 0.25) is 5.88 Å². The summed E-state index contributed by atoms with van der Waals surface area (Å²) in [5.41, 5.74) is -2.06. The maximum absolute atomic E-state index is 17.9. The molecule has 2 aliphatic heterocycles. The van der Waals surface area contributed by atoms with E-state index >= 15 is 22.0 Å². The molecule has 0 radical (unpaired) electrons. The third kappa shape index (κ3) is 8.67. The standard InChI is InChI=1S/C45H59F5N4OS/c1-11-14-37(55-25-44-19-13-20-53(44)24-29(9)22-44)52-41-32(30(10)54(12-2)36(27(5)6)18-15-26(3)4)21-34(45(48,49)50)39(40(41)47)31-16-17-35(46)43-38(31)33(23-51)42(56-43)28(7)8/h14,16-17,21,26-29,36H,11-13,15,18-20,22,24-25H2,1-10H3/b32-30+,37-14-,52-41+/t29-,36?,44?/m1/s1. The van der Waals surface area contributed by atoms with E-state index in [2.05, 4.69) is 50.5 Å². The number of thiophene rings is 1. The molecular weight excluding hydrogens is 740 g/mol. The number of hydrogen-bond acceptors (Lipinski definition) is 6. The van der Waals surface area contributed by atoms with Crippen LogP contribution in [0.2, 0.25) is 0 Å². The number of alkyl halides is 3. The summed E-state index contributed by atoms with van der Waals surface area (Å²) < 4.78 is 86.4. The molecule has 5 rings (SSSR count). The van der Waals surface area contributed by atoms with Gasteiger partial charge in [-0.15, -0.1) is 11.3 Å². The quantitative estimate of drug-likeness (QED) is 0.141. The van der Waals surface area contributed by atoms with Crippen LogP contribution in [0.5, 0.6) is 0 Å². The Kier molecular flexibility index (Phi) is 13.7. The van der Waals surface area contributed by atoms with Crippen LogP contribution < -0.4 is 0 Å². The maximum Gasteiger partial charge on any atom is 0.417 e. The topological polar surface area (TPSA) is 51.9 Å². The highest BCUT2D eigenvalue weighted by atomic mass is 32.1. The van der Waals surface area contributed by atoms with Crippen molar-refractivity contribution < 1.29 is 26.7 Å². The van der Waals surface area contributed by atoms with Crippen LogP contribution in [-0.4, -0.2) is 59.5 Å². The number of allylic oxidation sites excluding steroid dienone is 7. The summed E-state index contributed by atoms with van der Waals surface area (Å²) in [6.07, 6.45) is 2.95. The highest BCUT2D eigenvalue weighted by Crippen LogP contribution is 2.49. The van der Waals surface area contributed by atoms with Gasteiger partial charge in [-0.1, -0.05) is 61.5 Å². The van der Waals surface area contributed by atoms with Crippen molar-refractivity contribution in [3.05, 3.63) is 74.7 Å². The second kappa shape index (κ2) is 17.6. The van der Waals surface area contributed by atoms with Gasteiger partial charge in [-0.25, -0.2) is 13.8 Å². The Balaban J connectivity index is 1.80. The van der Waals surface area contributed by atoms with Crippen LogP contribution in [0.1, 0.15) is 130 Å². The van der Waals surface area contributed by atoms with Gasteiger partial charge in [0.25, 0.3) is 0 Å². The molecule has 2 saturated heterocycles. The average molecular weight is 799 g/mol. The molecule has 0 N–H and O–H groups in total. The van der Waals surface area contributed by atoms with E-state index in [1.54, 1.807) is 13.0 Å². The Morgan fingerprint density at radius 2 is 1.86 bits per heavy atom. The van der Waals surface area contributed by atoms with Crippen LogP contribution in [0.3, 0.4) is 0 Å². The van der Waals surface area contributed by atoms with E-state index in [9.17, 15) is 5.26 Å². The van der Waals surface area contributed by atoms with Crippen molar-refractivity contribution in [2.75, 3.05) is 26.2 Å². The number of nitrogens with zero attached hydrogens (tertiary/aromatic N) is 4. The Hall–Kier alpha value is -3.49. The van der Waals surface area contributed by atoms with Gasteiger partial charge < -0.3 is 9.64 Å². The van der Waals surface area contributed by atoms with Crippen LogP contribution in [-0.2, 0) is 4.74 Å².